The molecule has 2 rings (SSSR count). The van der Waals surface area contributed by atoms with E-state index in [9.17, 15) is 0 Å². The van der Waals surface area contributed by atoms with Crippen molar-refractivity contribution in [3.63, 3.8) is 0 Å². The quantitative estimate of drug-likeness (QED) is 0.0349. The molecule has 0 radical (unpaired) electrons. The molecule has 8 heteroatoms. The van der Waals surface area contributed by atoms with Crippen LogP contribution in [0.3, 0.4) is 0 Å². The molecule has 0 N–H and O–H groups in total. The number of unbranched alkanes of at least 4 members (excludes halogenated alkanes) is 24. The molecule has 334 valence electrons. The van der Waals surface area contributed by atoms with Crippen molar-refractivity contribution < 1.29 is 37.6 Å². The normalized spacial score (nSPS) is 21.3. The summed E-state index contributed by atoms with van der Waals surface area (Å²) in [5.41, 5.74) is 0. The lowest BCUT2D eigenvalue weighted by molar-refractivity contribution is -0.910. The Hall–Kier alpha value is -0.320. The van der Waals surface area contributed by atoms with E-state index in [1.165, 1.54) is 191 Å². The van der Waals surface area contributed by atoms with Gasteiger partial charge in [-0.05, 0) is 72.6 Å². The van der Waals surface area contributed by atoms with Crippen LogP contribution in [0.4, 0.5) is 0 Å². The van der Waals surface area contributed by atoms with Crippen molar-refractivity contribution in [2.24, 2.45) is 0 Å². The van der Waals surface area contributed by atoms with Gasteiger partial charge in [-0.2, -0.15) is 0 Å². The van der Waals surface area contributed by atoms with Crippen LogP contribution in [0, 0.1) is 0 Å². The van der Waals surface area contributed by atoms with Crippen molar-refractivity contribution >= 4 is 0 Å². The zero-order valence-corrected chi connectivity index (χ0v) is 38.7. The van der Waals surface area contributed by atoms with Crippen LogP contribution in [0.15, 0.2) is 0 Å². The molecule has 2 heterocycles. The predicted octanol–water partition coefficient (Wildman–Crippen LogP) is 12.7. The maximum Gasteiger partial charge on any atom is 0.164 e. The van der Waals surface area contributed by atoms with Crippen molar-refractivity contribution in [3.05, 3.63) is 0 Å². The first-order valence-electron chi connectivity index (χ1n) is 24.2. The van der Waals surface area contributed by atoms with Crippen molar-refractivity contribution in [1.29, 1.82) is 0 Å². The van der Waals surface area contributed by atoms with Gasteiger partial charge < -0.3 is 37.6 Å². The minimum Gasteiger partial charge on any atom is -0.379 e. The molecule has 2 fully saturated rings. The number of nitrogens with zero attached hydrogens (tertiary/aromatic N) is 1. The molecule has 4 atom stereocenters. The molecule has 2 aliphatic heterocycles. The first-order valence-corrected chi connectivity index (χ1v) is 24.2. The zero-order valence-electron chi connectivity index (χ0n) is 38.7. The highest BCUT2D eigenvalue weighted by atomic mass is 16.8. The second-order valence-corrected chi connectivity index (χ2v) is 18.7. The Morgan fingerprint density at radius 3 is 1.39 bits per heavy atom. The average Bonchev–Trinajstić information content (AvgIpc) is 3.68. The number of hydrogen-bond acceptors (Lipinski definition) is 7. The molecule has 0 spiro atoms. The van der Waals surface area contributed by atoms with Gasteiger partial charge in [-0.1, -0.05) is 142 Å². The highest BCUT2D eigenvalue weighted by Gasteiger charge is 2.51. The lowest BCUT2D eigenvalue weighted by atomic mass is 10.0. The lowest BCUT2D eigenvalue weighted by Gasteiger charge is -2.35. The van der Waals surface area contributed by atoms with Crippen LogP contribution < -0.4 is 0 Å². The molecule has 2 aliphatic rings. The van der Waals surface area contributed by atoms with E-state index in [4.69, 9.17) is 33.2 Å². The van der Waals surface area contributed by atoms with Gasteiger partial charge in [0.25, 0.3) is 0 Å². The molecule has 0 amide bonds. The Kier molecular flexibility index (Phi) is 29.2. The van der Waals surface area contributed by atoms with Crippen LogP contribution in [0.2, 0.25) is 0 Å². The van der Waals surface area contributed by atoms with E-state index in [1.54, 1.807) is 7.11 Å². The summed E-state index contributed by atoms with van der Waals surface area (Å²) in [5.74, 6) is -1.39. The summed E-state index contributed by atoms with van der Waals surface area (Å²) in [6, 6.07) is 0. The summed E-state index contributed by atoms with van der Waals surface area (Å²) >= 11 is 0. The summed E-state index contributed by atoms with van der Waals surface area (Å²) in [4.78, 5) is 0. The van der Waals surface area contributed by atoms with Gasteiger partial charge in [-0.15, -0.1) is 0 Å². The van der Waals surface area contributed by atoms with Crippen molar-refractivity contribution in [1.82, 2.24) is 0 Å². The smallest absolute Gasteiger partial charge is 0.164 e. The third kappa shape index (κ3) is 24.7. The van der Waals surface area contributed by atoms with Gasteiger partial charge in [-0.25, -0.2) is 0 Å². The molecule has 0 saturated carbocycles. The minimum atomic E-state index is -0.730. The standard InChI is InChI=1S/C48H96NO7/c1-9-11-13-15-17-19-21-23-25-27-29-32-36-49(7,37-33-30-28-26-24-22-20-18-16-14-12-10-2)38-34-31-35-39-51-40-43-46(56-48(5,6)55-43)45(52-42-50-8)44-41-53-47(3,4)54-44/h43-46H,9-42H2,1-8H3/q+1/t43-,44+,45-,46+/m0/s1. The van der Waals surface area contributed by atoms with Gasteiger partial charge in [0.05, 0.1) is 39.9 Å². The maximum absolute atomic E-state index is 6.38. The molecular formula is C48H96NO7+. The van der Waals surface area contributed by atoms with E-state index >= 15 is 0 Å². The summed E-state index contributed by atoms with van der Waals surface area (Å²) in [5, 5.41) is 0. The Balaban J connectivity index is 1.72. The fourth-order valence-electron chi connectivity index (χ4n) is 8.79. The van der Waals surface area contributed by atoms with Crippen LogP contribution in [0.25, 0.3) is 0 Å². The van der Waals surface area contributed by atoms with Crippen LogP contribution in [0.1, 0.15) is 215 Å². The molecule has 56 heavy (non-hydrogen) atoms. The second-order valence-electron chi connectivity index (χ2n) is 18.7. The first kappa shape index (κ1) is 51.8. The summed E-state index contributed by atoms with van der Waals surface area (Å²) in [6.07, 6.45) is 36.3. The molecule has 0 unspecified atom stereocenters. The molecule has 8 nitrogen and oxygen atoms in total. The molecule has 0 bridgehead atoms. The third-order valence-corrected chi connectivity index (χ3v) is 12.2. The minimum absolute atomic E-state index is 0.148. The van der Waals surface area contributed by atoms with E-state index in [2.05, 4.69) is 20.9 Å². The van der Waals surface area contributed by atoms with E-state index in [0.29, 0.717) is 13.2 Å². The topological polar surface area (TPSA) is 64.6 Å². The zero-order chi connectivity index (χ0) is 40.8. The predicted molar refractivity (Wildman–Crippen MR) is 233 cm³/mol. The van der Waals surface area contributed by atoms with Gasteiger partial charge >= 0.3 is 0 Å². The van der Waals surface area contributed by atoms with E-state index in [0.717, 1.165) is 13.0 Å². The number of hydrogen-bond donors (Lipinski definition) is 0. The van der Waals surface area contributed by atoms with E-state index in [1.807, 2.05) is 27.7 Å². The van der Waals surface area contributed by atoms with Crippen molar-refractivity contribution in [2.45, 2.75) is 251 Å². The average molecular weight is 799 g/mol. The fraction of sp³-hybridized carbons (Fsp3) is 1.00. The van der Waals surface area contributed by atoms with Gasteiger partial charge in [-0.3, -0.25) is 0 Å². The highest BCUT2D eigenvalue weighted by molar-refractivity contribution is 4.93. The number of quaternary nitrogens is 1. The second kappa shape index (κ2) is 31.5. The van der Waals surface area contributed by atoms with Crippen LogP contribution in [-0.4, -0.2) is 101 Å². The Morgan fingerprint density at radius 2 is 0.982 bits per heavy atom. The van der Waals surface area contributed by atoms with Gasteiger partial charge in [0.15, 0.2) is 11.6 Å². The van der Waals surface area contributed by atoms with Crippen molar-refractivity contribution in [2.75, 3.05) is 60.4 Å². The molecular weight excluding hydrogens is 703 g/mol. The van der Waals surface area contributed by atoms with E-state index in [-0.39, 0.29) is 25.1 Å². The van der Waals surface area contributed by atoms with Crippen LogP contribution in [0.5, 0.6) is 0 Å². The number of rotatable bonds is 39. The first-order chi connectivity index (χ1) is 27.0. The number of ether oxygens (including phenoxy) is 7. The maximum atomic E-state index is 6.38. The van der Waals surface area contributed by atoms with Crippen molar-refractivity contribution in [3.8, 4) is 0 Å². The van der Waals surface area contributed by atoms with Gasteiger partial charge in [0.2, 0.25) is 0 Å². The Morgan fingerprint density at radius 1 is 0.554 bits per heavy atom. The molecule has 0 aromatic rings. The highest BCUT2D eigenvalue weighted by Crippen LogP contribution is 2.36. The summed E-state index contributed by atoms with van der Waals surface area (Å²) < 4.78 is 43.7. The largest absolute Gasteiger partial charge is 0.379 e. The molecule has 0 aromatic heterocycles. The molecule has 0 aromatic carbocycles. The SMILES string of the molecule is CCCCCCCCCCCCCC[N+](C)(CCCCCCCCCCCCCC)CCCCCOC[C@@H]1OC(C)(C)O[C@H]1[C@@H](OCOC)[C@H]1COC(C)(C)O1. The lowest BCUT2D eigenvalue weighted by Crippen LogP contribution is -2.48. The Labute approximate surface area is 348 Å². The van der Waals surface area contributed by atoms with Crippen LogP contribution >= 0.6 is 0 Å². The van der Waals surface area contributed by atoms with Gasteiger partial charge in [0.1, 0.15) is 31.2 Å². The fourth-order valence-corrected chi connectivity index (χ4v) is 8.79. The van der Waals surface area contributed by atoms with Crippen LogP contribution in [-0.2, 0) is 33.2 Å². The van der Waals surface area contributed by atoms with Gasteiger partial charge in [0, 0.05) is 13.7 Å². The summed E-state index contributed by atoms with van der Waals surface area (Å²) in [7, 11) is 4.18. The monoisotopic (exact) mass is 799 g/mol. The summed E-state index contributed by atoms with van der Waals surface area (Å²) in [6.45, 7) is 18.1. The number of methoxy groups -OCH3 is 1. The van der Waals surface area contributed by atoms with E-state index < -0.39 is 17.7 Å². The molecule has 2 saturated heterocycles. The Bertz CT molecular complexity index is 873. The third-order valence-electron chi connectivity index (χ3n) is 12.2. The molecule has 0 aliphatic carbocycles.